The normalized spacial score (nSPS) is 11.1. The van der Waals surface area contributed by atoms with Crippen LogP contribution in [0.5, 0.6) is 0 Å². The number of rotatable bonds is 5. The van der Waals surface area contributed by atoms with Gasteiger partial charge in [-0.2, -0.15) is 5.10 Å². The lowest BCUT2D eigenvalue weighted by molar-refractivity contribution is 0.0941. The van der Waals surface area contributed by atoms with Crippen LogP contribution >= 0.6 is 11.3 Å². The number of nitrogens with one attached hydrogen (secondary N) is 1. The zero-order valence-electron chi connectivity index (χ0n) is 12.3. The number of amides is 1. The van der Waals surface area contributed by atoms with Crippen LogP contribution in [0.3, 0.4) is 0 Å². The largest absolute Gasteiger partial charge is 0.345 e. The summed E-state index contributed by atoms with van der Waals surface area (Å²) in [4.78, 5) is 16.5. The minimum atomic E-state index is -0.111. The number of carbonyl (C=O) groups excluding carboxylic acids is 1. The molecule has 2 heterocycles. The molecule has 2 aromatic rings. The second kappa shape index (κ2) is 6.17. The van der Waals surface area contributed by atoms with E-state index < -0.39 is 0 Å². The lowest BCUT2D eigenvalue weighted by atomic mass is 10.1. The van der Waals surface area contributed by atoms with E-state index in [2.05, 4.69) is 29.2 Å². The summed E-state index contributed by atoms with van der Waals surface area (Å²) in [6, 6.07) is 1.86. The molecule has 0 radical (unpaired) electrons. The SMILES string of the molecule is Cc1nc(CNC(=O)c2cc(CC(C)C)nn2C)cs1. The monoisotopic (exact) mass is 292 g/mol. The van der Waals surface area contributed by atoms with Gasteiger partial charge in [-0.1, -0.05) is 13.8 Å². The van der Waals surface area contributed by atoms with E-state index in [-0.39, 0.29) is 5.91 Å². The van der Waals surface area contributed by atoms with Gasteiger partial charge in [0.05, 0.1) is 22.9 Å². The first-order valence-electron chi connectivity index (χ1n) is 6.68. The highest BCUT2D eigenvalue weighted by atomic mass is 32.1. The Kier molecular flexibility index (Phi) is 4.54. The number of carbonyl (C=O) groups is 1. The molecule has 0 aliphatic rings. The molecule has 2 aromatic heterocycles. The molecule has 5 nitrogen and oxygen atoms in total. The van der Waals surface area contributed by atoms with Crippen molar-refractivity contribution in [1.82, 2.24) is 20.1 Å². The van der Waals surface area contributed by atoms with E-state index in [0.717, 1.165) is 22.8 Å². The van der Waals surface area contributed by atoms with Gasteiger partial charge in [0.25, 0.3) is 5.91 Å². The molecule has 0 saturated carbocycles. The highest BCUT2D eigenvalue weighted by molar-refractivity contribution is 7.09. The van der Waals surface area contributed by atoms with Gasteiger partial charge in [-0.3, -0.25) is 9.48 Å². The van der Waals surface area contributed by atoms with E-state index in [9.17, 15) is 4.79 Å². The predicted molar refractivity (Wildman–Crippen MR) is 79.8 cm³/mol. The number of thiazole rings is 1. The third-order valence-corrected chi connectivity index (χ3v) is 3.70. The van der Waals surface area contributed by atoms with Crippen LogP contribution in [0.4, 0.5) is 0 Å². The van der Waals surface area contributed by atoms with Gasteiger partial charge in [0.15, 0.2) is 0 Å². The van der Waals surface area contributed by atoms with Crippen LogP contribution in [0.25, 0.3) is 0 Å². The van der Waals surface area contributed by atoms with Gasteiger partial charge >= 0.3 is 0 Å². The summed E-state index contributed by atoms with van der Waals surface area (Å²) >= 11 is 1.59. The molecule has 0 spiro atoms. The number of hydrogen-bond acceptors (Lipinski definition) is 4. The summed E-state index contributed by atoms with van der Waals surface area (Å²) in [5.74, 6) is 0.416. The highest BCUT2D eigenvalue weighted by Crippen LogP contribution is 2.10. The Morgan fingerprint density at radius 3 is 2.80 bits per heavy atom. The van der Waals surface area contributed by atoms with Crippen LogP contribution in [0.15, 0.2) is 11.4 Å². The predicted octanol–water partition coefficient (Wildman–Crippen LogP) is 2.31. The minimum Gasteiger partial charge on any atom is -0.345 e. The zero-order valence-corrected chi connectivity index (χ0v) is 13.1. The molecular formula is C14H20N4OS. The van der Waals surface area contributed by atoms with Crippen LogP contribution in [0.2, 0.25) is 0 Å². The maximum atomic E-state index is 12.1. The first-order valence-corrected chi connectivity index (χ1v) is 7.55. The molecule has 0 bridgehead atoms. The molecule has 0 saturated heterocycles. The van der Waals surface area contributed by atoms with Gasteiger partial charge in [-0.15, -0.1) is 11.3 Å². The average molecular weight is 292 g/mol. The maximum Gasteiger partial charge on any atom is 0.269 e. The Bertz CT molecular complexity index is 600. The smallest absolute Gasteiger partial charge is 0.269 e. The average Bonchev–Trinajstić information content (AvgIpc) is 2.92. The topological polar surface area (TPSA) is 59.8 Å². The van der Waals surface area contributed by atoms with Crippen LogP contribution in [0.1, 0.15) is 40.7 Å². The summed E-state index contributed by atoms with van der Waals surface area (Å²) in [5, 5.41) is 10.2. The molecule has 0 aliphatic heterocycles. The number of nitrogens with zero attached hydrogens (tertiary/aromatic N) is 3. The van der Waals surface area contributed by atoms with Crippen molar-refractivity contribution in [3.8, 4) is 0 Å². The third kappa shape index (κ3) is 3.66. The van der Waals surface area contributed by atoms with E-state index in [0.29, 0.717) is 18.2 Å². The van der Waals surface area contributed by atoms with Gasteiger partial charge in [0.1, 0.15) is 5.69 Å². The van der Waals surface area contributed by atoms with Crippen LogP contribution in [-0.2, 0) is 20.0 Å². The van der Waals surface area contributed by atoms with Crippen LogP contribution in [-0.4, -0.2) is 20.7 Å². The van der Waals surface area contributed by atoms with Crippen LogP contribution < -0.4 is 5.32 Å². The van der Waals surface area contributed by atoms with Gasteiger partial charge < -0.3 is 5.32 Å². The molecular weight excluding hydrogens is 272 g/mol. The van der Waals surface area contributed by atoms with Gasteiger partial charge in [-0.25, -0.2) is 4.98 Å². The van der Waals surface area contributed by atoms with Gasteiger partial charge in [0.2, 0.25) is 0 Å². The minimum absolute atomic E-state index is 0.111. The van der Waals surface area contributed by atoms with Crippen molar-refractivity contribution in [2.24, 2.45) is 13.0 Å². The Hall–Kier alpha value is -1.69. The van der Waals surface area contributed by atoms with Crippen molar-refractivity contribution in [3.05, 3.63) is 33.5 Å². The van der Waals surface area contributed by atoms with Gasteiger partial charge in [-0.05, 0) is 25.3 Å². The molecule has 1 amide bonds. The molecule has 1 N–H and O–H groups in total. The van der Waals surface area contributed by atoms with Gasteiger partial charge in [0, 0.05) is 12.4 Å². The second-order valence-corrected chi connectivity index (χ2v) is 6.35. The number of hydrogen-bond donors (Lipinski definition) is 1. The highest BCUT2D eigenvalue weighted by Gasteiger charge is 2.14. The molecule has 6 heteroatoms. The van der Waals surface area contributed by atoms with E-state index >= 15 is 0 Å². The van der Waals surface area contributed by atoms with Crippen molar-refractivity contribution in [3.63, 3.8) is 0 Å². The summed E-state index contributed by atoms with van der Waals surface area (Å²) in [5.41, 5.74) is 2.44. The quantitative estimate of drug-likeness (QED) is 0.920. The summed E-state index contributed by atoms with van der Waals surface area (Å²) in [7, 11) is 1.80. The Labute approximate surface area is 123 Å². The third-order valence-electron chi connectivity index (χ3n) is 2.88. The molecule has 108 valence electrons. The zero-order chi connectivity index (χ0) is 14.7. The van der Waals surface area contributed by atoms with E-state index in [1.54, 1.807) is 23.1 Å². The molecule has 0 unspecified atom stereocenters. The maximum absolute atomic E-state index is 12.1. The van der Waals surface area contributed by atoms with Crippen molar-refractivity contribution in [1.29, 1.82) is 0 Å². The number of aryl methyl sites for hydroxylation is 2. The van der Waals surface area contributed by atoms with Crippen molar-refractivity contribution >= 4 is 17.2 Å². The van der Waals surface area contributed by atoms with Crippen molar-refractivity contribution in [2.45, 2.75) is 33.7 Å². The summed E-state index contributed by atoms with van der Waals surface area (Å²) in [6.45, 7) is 6.68. The molecule has 0 fully saturated rings. The standard InChI is InChI=1S/C14H20N4OS/c1-9(2)5-11-6-13(18(4)17-11)14(19)15-7-12-8-20-10(3)16-12/h6,8-9H,5,7H2,1-4H3,(H,15,19). The number of aromatic nitrogens is 3. The fraction of sp³-hybridized carbons (Fsp3) is 0.500. The first-order chi connectivity index (χ1) is 9.45. The fourth-order valence-corrected chi connectivity index (χ4v) is 2.62. The first kappa shape index (κ1) is 14.7. The van der Waals surface area contributed by atoms with E-state index in [1.165, 1.54) is 0 Å². The molecule has 0 atom stereocenters. The summed E-state index contributed by atoms with van der Waals surface area (Å²) < 4.78 is 1.64. The van der Waals surface area contributed by atoms with E-state index in [4.69, 9.17) is 0 Å². The Morgan fingerprint density at radius 1 is 1.45 bits per heavy atom. The second-order valence-electron chi connectivity index (χ2n) is 5.28. The molecule has 20 heavy (non-hydrogen) atoms. The Morgan fingerprint density at radius 2 is 2.20 bits per heavy atom. The lowest BCUT2D eigenvalue weighted by Gasteiger charge is -2.02. The molecule has 0 aliphatic carbocycles. The molecule has 2 rings (SSSR count). The van der Waals surface area contributed by atoms with E-state index in [1.807, 2.05) is 18.4 Å². The van der Waals surface area contributed by atoms with Crippen LogP contribution in [0, 0.1) is 12.8 Å². The lowest BCUT2D eigenvalue weighted by Crippen LogP contribution is -2.25. The summed E-state index contributed by atoms with van der Waals surface area (Å²) in [6.07, 6.45) is 0.881. The Balaban J connectivity index is 2.00. The van der Waals surface area contributed by atoms with Crippen molar-refractivity contribution in [2.75, 3.05) is 0 Å². The fourth-order valence-electron chi connectivity index (χ4n) is 2.01. The molecule has 0 aromatic carbocycles. The van der Waals surface area contributed by atoms with Crippen molar-refractivity contribution < 1.29 is 4.79 Å².